The number of nitrogens with zero attached hydrogens (tertiary/aromatic N) is 5. The van der Waals surface area contributed by atoms with Gasteiger partial charge in [-0.05, 0) is 44.2 Å². The molecule has 0 unspecified atom stereocenters. The molecule has 2 aromatic heterocycles. The fourth-order valence-corrected chi connectivity index (χ4v) is 2.59. The average Bonchev–Trinajstić information content (AvgIpc) is 3.03. The van der Waals surface area contributed by atoms with E-state index >= 15 is 0 Å². The highest BCUT2D eigenvalue weighted by Crippen LogP contribution is 2.12. The SMILES string of the molecule is Cc1cc(C)n(-c2cc(NCCNC(=O)c3ccc(C#N)cc3)ncn2)n1. The fourth-order valence-electron chi connectivity index (χ4n) is 2.59. The van der Waals surface area contributed by atoms with E-state index in [-0.39, 0.29) is 5.91 Å². The highest BCUT2D eigenvalue weighted by atomic mass is 16.1. The van der Waals surface area contributed by atoms with Crippen LogP contribution in [0, 0.1) is 25.2 Å². The molecule has 27 heavy (non-hydrogen) atoms. The Kier molecular flexibility index (Phi) is 5.42. The molecule has 3 aromatic rings. The first-order valence-electron chi connectivity index (χ1n) is 8.45. The van der Waals surface area contributed by atoms with Crippen molar-refractivity contribution in [2.75, 3.05) is 18.4 Å². The van der Waals surface area contributed by atoms with Crippen LogP contribution in [0.15, 0.2) is 42.7 Å². The standard InChI is InChI=1S/C19H19N7O/c1-13-9-14(2)26(25-13)18-10-17(23-12-24-18)21-7-8-22-19(27)16-5-3-15(11-20)4-6-16/h3-6,9-10,12H,7-8H2,1-2H3,(H,22,27)(H,21,23,24). The van der Waals surface area contributed by atoms with Gasteiger partial charge in [0.1, 0.15) is 12.1 Å². The second-order valence-corrected chi connectivity index (χ2v) is 5.97. The van der Waals surface area contributed by atoms with E-state index in [1.165, 1.54) is 6.33 Å². The van der Waals surface area contributed by atoms with Crippen LogP contribution < -0.4 is 10.6 Å². The smallest absolute Gasteiger partial charge is 0.251 e. The molecule has 0 aliphatic carbocycles. The van der Waals surface area contributed by atoms with Gasteiger partial charge in [-0.15, -0.1) is 0 Å². The van der Waals surface area contributed by atoms with E-state index in [9.17, 15) is 4.79 Å². The average molecular weight is 361 g/mol. The fraction of sp³-hybridized carbons (Fsp3) is 0.211. The number of hydrogen-bond acceptors (Lipinski definition) is 6. The molecule has 136 valence electrons. The summed E-state index contributed by atoms with van der Waals surface area (Å²) in [6, 6.07) is 12.3. The minimum absolute atomic E-state index is 0.188. The summed E-state index contributed by atoms with van der Waals surface area (Å²) in [4.78, 5) is 20.5. The van der Waals surface area contributed by atoms with E-state index in [0.717, 1.165) is 11.4 Å². The van der Waals surface area contributed by atoms with Gasteiger partial charge >= 0.3 is 0 Å². The molecule has 0 radical (unpaired) electrons. The maximum absolute atomic E-state index is 12.1. The van der Waals surface area contributed by atoms with Crippen LogP contribution in [0.1, 0.15) is 27.3 Å². The second kappa shape index (κ2) is 8.10. The summed E-state index contributed by atoms with van der Waals surface area (Å²) in [5.41, 5.74) is 2.95. The van der Waals surface area contributed by atoms with E-state index in [4.69, 9.17) is 5.26 Å². The third kappa shape index (κ3) is 4.46. The molecule has 1 aromatic carbocycles. The zero-order chi connectivity index (χ0) is 19.2. The molecule has 2 N–H and O–H groups in total. The molecule has 8 heteroatoms. The summed E-state index contributed by atoms with van der Waals surface area (Å²) in [5, 5.41) is 19.2. The van der Waals surface area contributed by atoms with Crippen molar-refractivity contribution in [3.8, 4) is 11.9 Å². The number of nitriles is 1. The lowest BCUT2D eigenvalue weighted by molar-refractivity contribution is 0.0955. The molecule has 8 nitrogen and oxygen atoms in total. The van der Waals surface area contributed by atoms with E-state index in [0.29, 0.717) is 35.9 Å². The van der Waals surface area contributed by atoms with Crippen molar-refractivity contribution >= 4 is 11.7 Å². The molecule has 0 atom stereocenters. The number of amides is 1. The van der Waals surface area contributed by atoms with Crippen LogP contribution in [0.25, 0.3) is 5.82 Å². The summed E-state index contributed by atoms with van der Waals surface area (Å²) in [5.74, 6) is 1.15. The van der Waals surface area contributed by atoms with Crippen LogP contribution >= 0.6 is 0 Å². The van der Waals surface area contributed by atoms with Crippen molar-refractivity contribution in [2.45, 2.75) is 13.8 Å². The molecule has 0 saturated heterocycles. The largest absolute Gasteiger partial charge is 0.368 e. The number of hydrogen-bond donors (Lipinski definition) is 2. The van der Waals surface area contributed by atoms with Gasteiger partial charge in [0.25, 0.3) is 5.91 Å². The Bertz CT molecular complexity index is 986. The number of anilines is 1. The Morgan fingerprint density at radius 2 is 1.93 bits per heavy atom. The Balaban J connectivity index is 1.53. The minimum Gasteiger partial charge on any atom is -0.368 e. The Morgan fingerprint density at radius 1 is 1.15 bits per heavy atom. The third-order valence-electron chi connectivity index (χ3n) is 3.87. The molecule has 0 fully saturated rings. The molecule has 1 amide bonds. The zero-order valence-electron chi connectivity index (χ0n) is 15.1. The molecular weight excluding hydrogens is 342 g/mol. The molecule has 0 aliphatic rings. The molecule has 0 bridgehead atoms. The molecular formula is C19H19N7O. The van der Waals surface area contributed by atoms with Crippen LogP contribution in [0.5, 0.6) is 0 Å². The van der Waals surface area contributed by atoms with Crippen molar-refractivity contribution in [3.05, 3.63) is 65.2 Å². The van der Waals surface area contributed by atoms with Gasteiger partial charge in [-0.1, -0.05) is 0 Å². The molecule has 0 saturated carbocycles. The normalized spacial score (nSPS) is 10.3. The van der Waals surface area contributed by atoms with Crippen molar-refractivity contribution in [3.63, 3.8) is 0 Å². The maximum Gasteiger partial charge on any atom is 0.251 e. The van der Waals surface area contributed by atoms with Gasteiger partial charge in [-0.2, -0.15) is 10.4 Å². The topological polar surface area (TPSA) is 109 Å². The van der Waals surface area contributed by atoms with Gasteiger partial charge in [-0.25, -0.2) is 14.6 Å². The van der Waals surface area contributed by atoms with Crippen LogP contribution in [0.2, 0.25) is 0 Å². The number of nitrogens with one attached hydrogen (secondary N) is 2. The van der Waals surface area contributed by atoms with Crippen LogP contribution in [-0.2, 0) is 0 Å². The summed E-state index contributed by atoms with van der Waals surface area (Å²) in [6.45, 7) is 4.84. The van der Waals surface area contributed by atoms with Crippen LogP contribution in [0.3, 0.4) is 0 Å². The Labute approximate surface area is 156 Å². The molecule has 3 rings (SSSR count). The van der Waals surface area contributed by atoms with Gasteiger partial charge in [0.15, 0.2) is 5.82 Å². The number of aromatic nitrogens is 4. The van der Waals surface area contributed by atoms with Gasteiger partial charge in [0.2, 0.25) is 0 Å². The highest BCUT2D eigenvalue weighted by Gasteiger charge is 2.07. The lowest BCUT2D eigenvalue weighted by atomic mass is 10.1. The number of benzene rings is 1. The minimum atomic E-state index is -0.188. The van der Waals surface area contributed by atoms with E-state index in [2.05, 4.69) is 25.7 Å². The first kappa shape index (κ1) is 18.1. The monoisotopic (exact) mass is 361 g/mol. The lowest BCUT2D eigenvalue weighted by Crippen LogP contribution is -2.28. The quantitative estimate of drug-likeness (QED) is 0.650. The number of carbonyl (C=O) groups is 1. The first-order chi connectivity index (χ1) is 13.1. The van der Waals surface area contributed by atoms with Gasteiger partial charge < -0.3 is 10.6 Å². The second-order valence-electron chi connectivity index (χ2n) is 5.97. The van der Waals surface area contributed by atoms with E-state index in [1.54, 1.807) is 28.9 Å². The summed E-state index contributed by atoms with van der Waals surface area (Å²) in [7, 11) is 0. The molecule has 0 spiro atoms. The lowest BCUT2D eigenvalue weighted by Gasteiger charge is -2.09. The van der Waals surface area contributed by atoms with Crippen molar-refractivity contribution in [1.82, 2.24) is 25.1 Å². The predicted octanol–water partition coefficient (Wildman–Crippen LogP) is 1.99. The zero-order valence-corrected chi connectivity index (χ0v) is 15.1. The van der Waals surface area contributed by atoms with E-state index in [1.807, 2.05) is 32.0 Å². The number of rotatable bonds is 6. The first-order valence-corrected chi connectivity index (χ1v) is 8.45. The maximum atomic E-state index is 12.1. The van der Waals surface area contributed by atoms with E-state index < -0.39 is 0 Å². The molecule has 2 heterocycles. The summed E-state index contributed by atoms with van der Waals surface area (Å²) < 4.78 is 1.76. The highest BCUT2D eigenvalue weighted by molar-refractivity contribution is 5.94. The van der Waals surface area contributed by atoms with Gasteiger partial charge in [0, 0.05) is 30.4 Å². The molecule has 0 aliphatic heterocycles. The van der Waals surface area contributed by atoms with Crippen molar-refractivity contribution < 1.29 is 4.79 Å². The van der Waals surface area contributed by atoms with Crippen molar-refractivity contribution in [2.24, 2.45) is 0 Å². The third-order valence-corrected chi connectivity index (χ3v) is 3.87. The van der Waals surface area contributed by atoms with Gasteiger partial charge in [-0.3, -0.25) is 4.79 Å². The number of aryl methyl sites for hydroxylation is 2. The number of carbonyl (C=O) groups excluding carboxylic acids is 1. The van der Waals surface area contributed by atoms with Gasteiger partial charge in [0.05, 0.1) is 17.3 Å². The Morgan fingerprint density at radius 3 is 2.59 bits per heavy atom. The summed E-state index contributed by atoms with van der Waals surface area (Å²) in [6.07, 6.45) is 1.48. The van der Waals surface area contributed by atoms with Crippen LogP contribution in [-0.4, -0.2) is 38.7 Å². The Hall–Kier alpha value is -3.73. The van der Waals surface area contributed by atoms with Crippen LogP contribution in [0.4, 0.5) is 5.82 Å². The summed E-state index contributed by atoms with van der Waals surface area (Å²) >= 11 is 0. The van der Waals surface area contributed by atoms with Crippen molar-refractivity contribution in [1.29, 1.82) is 5.26 Å². The predicted molar refractivity (Wildman–Crippen MR) is 101 cm³/mol.